The second kappa shape index (κ2) is 6.97. The van der Waals surface area contributed by atoms with E-state index in [1.54, 1.807) is 4.90 Å². The zero-order valence-electron chi connectivity index (χ0n) is 10.1. The van der Waals surface area contributed by atoms with Gasteiger partial charge in [-0.05, 0) is 26.0 Å². The molecule has 90 valence electrons. The first-order valence-electron chi connectivity index (χ1n) is 5.49. The third kappa shape index (κ3) is 4.49. The fourth-order valence-electron chi connectivity index (χ4n) is 1.38. The number of nitriles is 1. The Morgan fingerprint density at radius 1 is 1.41 bits per heavy atom. The summed E-state index contributed by atoms with van der Waals surface area (Å²) >= 11 is 1.50. The number of rotatable bonds is 5. The van der Waals surface area contributed by atoms with Gasteiger partial charge in [0, 0.05) is 10.9 Å². The van der Waals surface area contributed by atoms with E-state index in [-0.39, 0.29) is 18.5 Å². The van der Waals surface area contributed by atoms with E-state index in [4.69, 9.17) is 5.26 Å². The topological polar surface area (TPSA) is 44.1 Å². The third-order valence-corrected chi connectivity index (χ3v) is 3.29. The van der Waals surface area contributed by atoms with Gasteiger partial charge in [0.1, 0.15) is 6.54 Å². The van der Waals surface area contributed by atoms with Crippen LogP contribution in [0.25, 0.3) is 0 Å². The highest BCUT2D eigenvalue weighted by Gasteiger charge is 2.16. The minimum Gasteiger partial charge on any atom is -0.326 e. The van der Waals surface area contributed by atoms with Gasteiger partial charge in [-0.25, -0.2) is 0 Å². The molecule has 0 N–H and O–H groups in total. The summed E-state index contributed by atoms with van der Waals surface area (Å²) in [6.45, 7) is 4.00. The molecule has 17 heavy (non-hydrogen) atoms. The van der Waals surface area contributed by atoms with Crippen molar-refractivity contribution in [2.24, 2.45) is 0 Å². The molecule has 0 saturated heterocycles. The molecule has 3 nitrogen and oxygen atoms in total. The summed E-state index contributed by atoms with van der Waals surface area (Å²) in [4.78, 5) is 14.6. The normalized spacial score (nSPS) is 10.0. The number of carbonyl (C=O) groups excluding carboxylic acids is 1. The molecule has 0 radical (unpaired) electrons. The largest absolute Gasteiger partial charge is 0.326 e. The number of carbonyl (C=O) groups is 1. The highest BCUT2D eigenvalue weighted by atomic mass is 32.2. The number of hydrogen-bond donors (Lipinski definition) is 0. The Hall–Kier alpha value is -1.47. The van der Waals surface area contributed by atoms with Crippen molar-refractivity contribution in [2.45, 2.75) is 24.8 Å². The second-order valence-electron chi connectivity index (χ2n) is 3.88. The highest BCUT2D eigenvalue weighted by molar-refractivity contribution is 8.00. The van der Waals surface area contributed by atoms with Crippen LogP contribution in [-0.4, -0.2) is 29.1 Å². The van der Waals surface area contributed by atoms with E-state index < -0.39 is 0 Å². The maximum absolute atomic E-state index is 11.9. The lowest BCUT2D eigenvalue weighted by Gasteiger charge is -2.23. The van der Waals surface area contributed by atoms with Gasteiger partial charge in [-0.2, -0.15) is 5.26 Å². The molecule has 0 aromatic heterocycles. The van der Waals surface area contributed by atoms with Gasteiger partial charge in [-0.1, -0.05) is 18.2 Å². The lowest BCUT2D eigenvalue weighted by Crippen LogP contribution is -2.38. The first-order chi connectivity index (χ1) is 8.15. The third-order valence-electron chi connectivity index (χ3n) is 2.29. The van der Waals surface area contributed by atoms with Crippen LogP contribution in [0.2, 0.25) is 0 Å². The number of benzene rings is 1. The molecule has 0 spiro atoms. The highest BCUT2D eigenvalue weighted by Crippen LogP contribution is 2.17. The lowest BCUT2D eigenvalue weighted by molar-refractivity contribution is -0.129. The first kappa shape index (κ1) is 13.6. The van der Waals surface area contributed by atoms with E-state index in [9.17, 15) is 4.79 Å². The minimum atomic E-state index is 0.00963. The molecule has 0 aliphatic rings. The van der Waals surface area contributed by atoms with Gasteiger partial charge < -0.3 is 4.90 Å². The summed E-state index contributed by atoms with van der Waals surface area (Å²) in [5.41, 5.74) is 0. The summed E-state index contributed by atoms with van der Waals surface area (Å²) in [7, 11) is 0. The number of amides is 1. The van der Waals surface area contributed by atoms with E-state index in [0.717, 1.165) is 4.90 Å². The Labute approximate surface area is 106 Å². The molecule has 0 aliphatic carbocycles. The van der Waals surface area contributed by atoms with Crippen LogP contribution in [0.1, 0.15) is 13.8 Å². The van der Waals surface area contributed by atoms with Gasteiger partial charge in [0.25, 0.3) is 0 Å². The number of hydrogen-bond acceptors (Lipinski definition) is 3. The SMILES string of the molecule is CC(C)N(CC#N)C(=O)CSc1ccccc1. The minimum absolute atomic E-state index is 0.00963. The van der Waals surface area contributed by atoms with Crippen LogP contribution in [0.5, 0.6) is 0 Å². The summed E-state index contributed by atoms with van der Waals surface area (Å²) in [5.74, 6) is 0.388. The molecular formula is C13H16N2OS. The van der Waals surface area contributed by atoms with Crippen molar-refractivity contribution in [3.8, 4) is 6.07 Å². The molecule has 4 heteroatoms. The summed E-state index contributed by atoms with van der Waals surface area (Å²) in [5, 5.41) is 8.67. The van der Waals surface area contributed by atoms with Gasteiger partial charge in [-0.3, -0.25) is 4.79 Å². The van der Waals surface area contributed by atoms with E-state index in [1.165, 1.54) is 11.8 Å². The fourth-order valence-corrected chi connectivity index (χ4v) is 2.19. The van der Waals surface area contributed by atoms with Crippen molar-refractivity contribution in [1.29, 1.82) is 5.26 Å². The molecule has 0 fully saturated rings. The van der Waals surface area contributed by atoms with Crippen molar-refractivity contribution in [1.82, 2.24) is 4.90 Å². The Balaban J connectivity index is 2.51. The standard InChI is InChI=1S/C13H16N2OS/c1-11(2)15(9-8-14)13(16)10-17-12-6-4-3-5-7-12/h3-7,11H,9-10H2,1-2H3. The van der Waals surface area contributed by atoms with Gasteiger partial charge in [0.05, 0.1) is 11.8 Å². The van der Waals surface area contributed by atoms with E-state index in [2.05, 4.69) is 0 Å². The molecule has 0 unspecified atom stereocenters. The number of nitrogens with zero attached hydrogens (tertiary/aromatic N) is 2. The second-order valence-corrected chi connectivity index (χ2v) is 4.92. The van der Waals surface area contributed by atoms with Crippen LogP contribution in [0.15, 0.2) is 35.2 Å². The van der Waals surface area contributed by atoms with E-state index >= 15 is 0 Å². The van der Waals surface area contributed by atoms with Crippen LogP contribution in [0.4, 0.5) is 0 Å². The van der Waals surface area contributed by atoms with Crippen LogP contribution < -0.4 is 0 Å². The summed E-state index contributed by atoms with van der Waals surface area (Å²) in [6, 6.07) is 11.9. The lowest BCUT2D eigenvalue weighted by atomic mass is 10.3. The van der Waals surface area contributed by atoms with Crippen molar-refractivity contribution in [3.05, 3.63) is 30.3 Å². The van der Waals surface area contributed by atoms with Crippen molar-refractivity contribution in [3.63, 3.8) is 0 Å². The van der Waals surface area contributed by atoms with E-state index in [1.807, 2.05) is 50.2 Å². The predicted molar refractivity (Wildman–Crippen MR) is 69.6 cm³/mol. The molecule has 1 aromatic carbocycles. The molecule has 0 bridgehead atoms. The summed E-state index contributed by atoms with van der Waals surface area (Å²) in [6.07, 6.45) is 0. The van der Waals surface area contributed by atoms with Crippen molar-refractivity contribution >= 4 is 17.7 Å². The van der Waals surface area contributed by atoms with Crippen molar-refractivity contribution in [2.75, 3.05) is 12.3 Å². The molecule has 1 rings (SSSR count). The maximum atomic E-state index is 11.9. The average molecular weight is 248 g/mol. The molecular weight excluding hydrogens is 232 g/mol. The Morgan fingerprint density at radius 3 is 2.59 bits per heavy atom. The Bertz CT molecular complexity index is 398. The smallest absolute Gasteiger partial charge is 0.234 e. The zero-order valence-corrected chi connectivity index (χ0v) is 10.9. The van der Waals surface area contributed by atoms with Gasteiger partial charge in [-0.15, -0.1) is 11.8 Å². The monoisotopic (exact) mass is 248 g/mol. The quantitative estimate of drug-likeness (QED) is 0.594. The molecule has 0 atom stereocenters. The van der Waals surface area contributed by atoms with Gasteiger partial charge in [0.15, 0.2) is 0 Å². The average Bonchev–Trinajstić information content (AvgIpc) is 2.34. The van der Waals surface area contributed by atoms with Crippen LogP contribution in [0, 0.1) is 11.3 Å². The Kier molecular flexibility index (Phi) is 5.58. The van der Waals surface area contributed by atoms with Gasteiger partial charge >= 0.3 is 0 Å². The van der Waals surface area contributed by atoms with Crippen molar-refractivity contribution < 1.29 is 4.79 Å². The molecule has 1 aromatic rings. The van der Waals surface area contributed by atoms with Gasteiger partial charge in [0.2, 0.25) is 5.91 Å². The first-order valence-corrected chi connectivity index (χ1v) is 6.48. The van der Waals surface area contributed by atoms with Crippen LogP contribution in [-0.2, 0) is 4.79 Å². The molecule has 0 heterocycles. The zero-order chi connectivity index (χ0) is 12.7. The molecule has 0 saturated carbocycles. The summed E-state index contributed by atoms with van der Waals surface area (Å²) < 4.78 is 0. The van der Waals surface area contributed by atoms with E-state index in [0.29, 0.717) is 5.75 Å². The van der Waals surface area contributed by atoms with Crippen LogP contribution in [0.3, 0.4) is 0 Å². The molecule has 0 aliphatic heterocycles. The van der Waals surface area contributed by atoms with Crippen LogP contribution >= 0.6 is 11.8 Å². The predicted octanol–water partition coefficient (Wildman–Crippen LogP) is 2.54. The molecule has 1 amide bonds. The number of thioether (sulfide) groups is 1. The Morgan fingerprint density at radius 2 is 2.06 bits per heavy atom. The maximum Gasteiger partial charge on any atom is 0.234 e. The fraction of sp³-hybridized carbons (Fsp3) is 0.385.